The lowest BCUT2D eigenvalue weighted by molar-refractivity contribution is -0.121. The van der Waals surface area contributed by atoms with Crippen LogP contribution in [0.3, 0.4) is 0 Å². The van der Waals surface area contributed by atoms with Gasteiger partial charge >= 0.3 is 0 Å². The van der Waals surface area contributed by atoms with Gasteiger partial charge in [0, 0.05) is 12.1 Å². The monoisotopic (exact) mass is 292 g/mol. The van der Waals surface area contributed by atoms with E-state index in [1.165, 1.54) is 0 Å². The summed E-state index contributed by atoms with van der Waals surface area (Å²) in [7, 11) is 0. The molecule has 0 saturated heterocycles. The van der Waals surface area contributed by atoms with Crippen LogP contribution in [0.15, 0.2) is 18.2 Å². The average molecular weight is 292 g/mol. The molecule has 0 aromatic heterocycles. The van der Waals surface area contributed by atoms with Crippen LogP contribution in [0.25, 0.3) is 0 Å². The Bertz CT molecular complexity index is 468. The highest BCUT2D eigenvalue weighted by Gasteiger charge is 2.20. The van der Waals surface area contributed by atoms with Gasteiger partial charge in [-0.25, -0.2) is 0 Å². The van der Waals surface area contributed by atoms with Gasteiger partial charge in [-0.3, -0.25) is 4.79 Å². The summed E-state index contributed by atoms with van der Waals surface area (Å²) in [4.78, 5) is 11.8. The van der Waals surface area contributed by atoms with Gasteiger partial charge in [0.1, 0.15) is 5.75 Å². The number of ether oxygens (including phenoxy) is 1. The zero-order chi connectivity index (χ0) is 15.9. The highest BCUT2D eigenvalue weighted by molar-refractivity contribution is 5.76. The Hall–Kier alpha value is -1.55. The van der Waals surface area contributed by atoms with Crippen LogP contribution in [0, 0.1) is 13.8 Å². The summed E-state index contributed by atoms with van der Waals surface area (Å²) in [5.41, 5.74) is 8.09. The lowest BCUT2D eigenvalue weighted by Crippen LogP contribution is -2.49. The van der Waals surface area contributed by atoms with Crippen LogP contribution in [0.2, 0.25) is 0 Å². The quantitative estimate of drug-likeness (QED) is 0.774. The summed E-state index contributed by atoms with van der Waals surface area (Å²) in [5, 5.41) is 2.89. The van der Waals surface area contributed by atoms with Gasteiger partial charge in [0.15, 0.2) is 0 Å². The fourth-order valence-corrected chi connectivity index (χ4v) is 1.98. The van der Waals surface area contributed by atoms with Gasteiger partial charge in [0.05, 0.1) is 13.0 Å². The van der Waals surface area contributed by atoms with E-state index in [0.717, 1.165) is 29.7 Å². The minimum absolute atomic E-state index is 0.0166. The molecule has 21 heavy (non-hydrogen) atoms. The lowest BCUT2D eigenvalue weighted by atomic mass is 9.94. The van der Waals surface area contributed by atoms with E-state index in [0.29, 0.717) is 19.6 Å². The van der Waals surface area contributed by atoms with Gasteiger partial charge in [-0.15, -0.1) is 0 Å². The van der Waals surface area contributed by atoms with Gasteiger partial charge in [-0.2, -0.15) is 0 Å². The molecule has 0 fully saturated rings. The molecular weight excluding hydrogens is 264 g/mol. The molecule has 1 aromatic carbocycles. The molecule has 4 nitrogen and oxygen atoms in total. The van der Waals surface area contributed by atoms with Crippen LogP contribution in [-0.2, 0) is 4.79 Å². The van der Waals surface area contributed by atoms with E-state index in [1.54, 1.807) is 0 Å². The number of nitrogens with two attached hydrogens (primary N) is 1. The molecule has 0 radical (unpaired) electrons. The molecule has 0 heterocycles. The highest BCUT2D eigenvalue weighted by Crippen LogP contribution is 2.19. The molecule has 0 atom stereocenters. The number of amides is 1. The normalized spacial score (nSPS) is 11.3. The van der Waals surface area contributed by atoms with Crippen molar-refractivity contribution in [2.75, 3.05) is 13.2 Å². The average Bonchev–Trinajstić information content (AvgIpc) is 2.48. The summed E-state index contributed by atoms with van der Waals surface area (Å²) in [5.74, 6) is 0.829. The molecule has 0 bridgehead atoms. The first-order valence-corrected chi connectivity index (χ1v) is 7.66. The molecule has 0 saturated carbocycles. The minimum Gasteiger partial charge on any atom is -0.493 e. The second kappa shape index (κ2) is 8.03. The largest absolute Gasteiger partial charge is 0.493 e. The minimum atomic E-state index is -0.302. The fraction of sp³-hybridized carbons (Fsp3) is 0.588. The smallest absolute Gasteiger partial charge is 0.223 e. The Balaban J connectivity index is 2.35. The second-order valence-electron chi connectivity index (χ2n) is 5.71. The number of rotatable bonds is 8. The van der Waals surface area contributed by atoms with Gasteiger partial charge < -0.3 is 15.8 Å². The van der Waals surface area contributed by atoms with Gasteiger partial charge in [0.2, 0.25) is 5.91 Å². The van der Waals surface area contributed by atoms with Crippen molar-refractivity contribution in [1.29, 1.82) is 0 Å². The first kappa shape index (κ1) is 17.5. The Labute approximate surface area is 128 Å². The number of hydrogen-bond donors (Lipinski definition) is 2. The van der Waals surface area contributed by atoms with Gasteiger partial charge in [-0.1, -0.05) is 26.0 Å². The summed E-state index contributed by atoms with van der Waals surface area (Å²) in [6.45, 7) is 9.00. The maximum absolute atomic E-state index is 11.8. The Kier molecular flexibility index (Phi) is 6.69. The van der Waals surface area contributed by atoms with E-state index in [4.69, 9.17) is 10.5 Å². The van der Waals surface area contributed by atoms with Crippen LogP contribution < -0.4 is 15.8 Å². The zero-order valence-electron chi connectivity index (χ0n) is 13.7. The van der Waals surface area contributed by atoms with E-state index >= 15 is 0 Å². The number of benzene rings is 1. The highest BCUT2D eigenvalue weighted by atomic mass is 16.5. The van der Waals surface area contributed by atoms with Crippen molar-refractivity contribution in [3.8, 4) is 5.75 Å². The van der Waals surface area contributed by atoms with Crippen LogP contribution in [0.5, 0.6) is 5.75 Å². The van der Waals surface area contributed by atoms with Crippen molar-refractivity contribution in [2.45, 2.75) is 52.5 Å². The SMILES string of the molecule is CCC(N)(CC)CNC(=O)CCOc1cc(C)ccc1C. The molecule has 1 aromatic rings. The summed E-state index contributed by atoms with van der Waals surface area (Å²) < 4.78 is 5.68. The van der Waals surface area contributed by atoms with Crippen LogP contribution in [0.4, 0.5) is 0 Å². The Morgan fingerprint density at radius 3 is 2.57 bits per heavy atom. The van der Waals surface area contributed by atoms with E-state index in [2.05, 4.69) is 5.32 Å². The second-order valence-corrected chi connectivity index (χ2v) is 5.71. The molecule has 4 heteroatoms. The Morgan fingerprint density at radius 1 is 1.29 bits per heavy atom. The van der Waals surface area contributed by atoms with Crippen molar-refractivity contribution in [1.82, 2.24) is 5.32 Å². The molecule has 3 N–H and O–H groups in total. The van der Waals surface area contributed by atoms with Gasteiger partial charge in [0.25, 0.3) is 0 Å². The number of nitrogens with one attached hydrogen (secondary N) is 1. The molecule has 0 spiro atoms. The van der Waals surface area contributed by atoms with Crippen LogP contribution in [-0.4, -0.2) is 24.6 Å². The van der Waals surface area contributed by atoms with Crippen molar-refractivity contribution < 1.29 is 9.53 Å². The molecular formula is C17H28N2O2. The number of carbonyl (C=O) groups is 1. The molecule has 0 aliphatic rings. The number of carbonyl (C=O) groups excluding carboxylic acids is 1. The number of aryl methyl sites for hydroxylation is 2. The summed E-state index contributed by atoms with van der Waals surface area (Å²) >= 11 is 0. The third-order valence-corrected chi connectivity index (χ3v) is 3.98. The van der Waals surface area contributed by atoms with E-state index < -0.39 is 0 Å². The first-order chi connectivity index (χ1) is 9.90. The molecule has 1 rings (SSSR count). The van der Waals surface area contributed by atoms with Crippen LogP contribution >= 0.6 is 0 Å². The van der Waals surface area contributed by atoms with Crippen molar-refractivity contribution in [3.05, 3.63) is 29.3 Å². The first-order valence-electron chi connectivity index (χ1n) is 7.66. The lowest BCUT2D eigenvalue weighted by Gasteiger charge is -2.26. The van der Waals surface area contributed by atoms with E-state index in [1.807, 2.05) is 45.9 Å². The third kappa shape index (κ3) is 5.76. The van der Waals surface area contributed by atoms with Crippen molar-refractivity contribution in [3.63, 3.8) is 0 Å². The summed E-state index contributed by atoms with van der Waals surface area (Å²) in [6.07, 6.45) is 2.04. The van der Waals surface area contributed by atoms with Crippen molar-refractivity contribution in [2.24, 2.45) is 5.73 Å². The molecule has 0 unspecified atom stereocenters. The molecule has 0 aliphatic heterocycles. The molecule has 118 valence electrons. The number of hydrogen-bond acceptors (Lipinski definition) is 3. The predicted molar refractivity (Wildman–Crippen MR) is 86.5 cm³/mol. The third-order valence-electron chi connectivity index (χ3n) is 3.98. The standard InChI is InChI=1S/C17H28N2O2/c1-5-17(18,6-2)12-19-16(20)9-10-21-15-11-13(3)7-8-14(15)4/h7-8,11H,5-6,9-10,12,18H2,1-4H3,(H,19,20). The van der Waals surface area contributed by atoms with Crippen molar-refractivity contribution >= 4 is 5.91 Å². The maximum Gasteiger partial charge on any atom is 0.223 e. The van der Waals surface area contributed by atoms with Crippen LogP contribution in [0.1, 0.15) is 44.2 Å². The van der Waals surface area contributed by atoms with E-state index in [9.17, 15) is 4.79 Å². The van der Waals surface area contributed by atoms with Gasteiger partial charge in [-0.05, 0) is 43.9 Å². The maximum atomic E-state index is 11.8. The Morgan fingerprint density at radius 2 is 1.95 bits per heavy atom. The molecule has 1 amide bonds. The predicted octanol–water partition coefficient (Wildman–Crippen LogP) is 2.71. The summed E-state index contributed by atoms with van der Waals surface area (Å²) in [6, 6.07) is 6.06. The molecule has 0 aliphatic carbocycles. The van der Waals surface area contributed by atoms with E-state index in [-0.39, 0.29) is 11.4 Å². The topological polar surface area (TPSA) is 64.3 Å². The fourth-order valence-electron chi connectivity index (χ4n) is 1.98. The zero-order valence-corrected chi connectivity index (χ0v) is 13.7.